The number of hydrogen-bond acceptors (Lipinski definition) is 3. The third-order valence-electron chi connectivity index (χ3n) is 2.32. The highest BCUT2D eigenvalue weighted by molar-refractivity contribution is 7.80. The molecule has 0 aliphatic carbocycles. The maximum atomic E-state index is 11.9. The fourth-order valence-corrected chi connectivity index (χ4v) is 1.43. The first kappa shape index (κ1) is 16.2. The van der Waals surface area contributed by atoms with Crippen molar-refractivity contribution in [2.45, 2.75) is 13.1 Å². The number of carbonyl (C=O) groups excluding carboxylic acids is 1. The lowest BCUT2D eigenvalue weighted by molar-refractivity contribution is -0.139. The molecule has 0 radical (unpaired) electrons. The molecule has 3 N–H and O–H groups in total. The van der Waals surface area contributed by atoms with Crippen LogP contribution in [0.4, 0.5) is 13.2 Å². The molecule has 0 aliphatic heterocycles. The molecule has 0 heterocycles. The van der Waals surface area contributed by atoms with Gasteiger partial charge in [0.25, 0.3) is 5.91 Å². The zero-order valence-electron chi connectivity index (χ0n) is 10.6. The van der Waals surface area contributed by atoms with Gasteiger partial charge in [-0.25, -0.2) is 0 Å². The molecule has 1 amide bonds. The molecular formula is C12H13F3N2O2S. The van der Waals surface area contributed by atoms with Crippen LogP contribution < -0.4 is 15.8 Å². The molecule has 0 saturated carbocycles. The first-order chi connectivity index (χ1) is 9.19. The quantitative estimate of drug-likeness (QED) is 0.813. The molecule has 0 aromatic heterocycles. The van der Waals surface area contributed by atoms with Crippen LogP contribution in [-0.4, -0.2) is 30.2 Å². The number of aryl methyl sites for hydroxylation is 1. The van der Waals surface area contributed by atoms with Gasteiger partial charge in [0.15, 0.2) is 6.61 Å². The van der Waals surface area contributed by atoms with Gasteiger partial charge in [0.2, 0.25) is 0 Å². The average molecular weight is 306 g/mol. The van der Waals surface area contributed by atoms with E-state index in [9.17, 15) is 18.0 Å². The second-order valence-electron chi connectivity index (χ2n) is 4.03. The highest BCUT2D eigenvalue weighted by Gasteiger charge is 2.27. The van der Waals surface area contributed by atoms with Crippen LogP contribution in [0.1, 0.15) is 11.1 Å². The van der Waals surface area contributed by atoms with Crippen LogP contribution in [0, 0.1) is 6.92 Å². The number of carbonyl (C=O) groups is 1. The summed E-state index contributed by atoms with van der Waals surface area (Å²) in [6.07, 6.45) is -4.45. The summed E-state index contributed by atoms with van der Waals surface area (Å²) in [5, 5.41) is 1.71. The van der Waals surface area contributed by atoms with Crippen LogP contribution in [0.5, 0.6) is 5.75 Å². The zero-order chi connectivity index (χ0) is 15.3. The topological polar surface area (TPSA) is 64.3 Å². The summed E-state index contributed by atoms with van der Waals surface area (Å²) in [5.74, 6) is -0.514. The van der Waals surface area contributed by atoms with Gasteiger partial charge in [0.1, 0.15) is 17.3 Å². The van der Waals surface area contributed by atoms with Crippen molar-refractivity contribution in [3.63, 3.8) is 0 Å². The number of thiocarbonyl (C=S) groups is 1. The summed E-state index contributed by atoms with van der Waals surface area (Å²) in [7, 11) is 0. The predicted molar refractivity (Wildman–Crippen MR) is 71.6 cm³/mol. The van der Waals surface area contributed by atoms with Crippen molar-refractivity contribution >= 4 is 23.1 Å². The van der Waals surface area contributed by atoms with E-state index >= 15 is 0 Å². The van der Waals surface area contributed by atoms with Crippen molar-refractivity contribution in [2.24, 2.45) is 5.73 Å². The Balaban J connectivity index is 2.59. The van der Waals surface area contributed by atoms with Gasteiger partial charge in [-0.1, -0.05) is 24.4 Å². The Morgan fingerprint density at radius 2 is 2.10 bits per heavy atom. The summed E-state index contributed by atoms with van der Waals surface area (Å²) >= 11 is 4.80. The molecule has 0 atom stereocenters. The number of benzene rings is 1. The van der Waals surface area contributed by atoms with Gasteiger partial charge in [0.05, 0.1) is 0 Å². The molecule has 8 heteroatoms. The van der Waals surface area contributed by atoms with Crippen LogP contribution in [0.15, 0.2) is 18.2 Å². The van der Waals surface area contributed by atoms with Crippen molar-refractivity contribution in [1.82, 2.24) is 5.32 Å². The van der Waals surface area contributed by atoms with Crippen LogP contribution >= 0.6 is 12.2 Å². The van der Waals surface area contributed by atoms with E-state index in [1.807, 2.05) is 0 Å². The molecule has 1 aromatic carbocycles. The second kappa shape index (κ2) is 6.56. The minimum absolute atomic E-state index is 0.163. The highest BCUT2D eigenvalue weighted by Crippen LogP contribution is 2.19. The lowest BCUT2D eigenvalue weighted by Crippen LogP contribution is -2.36. The van der Waals surface area contributed by atoms with E-state index in [1.165, 1.54) is 6.07 Å². The van der Waals surface area contributed by atoms with E-state index in [0.717, 1.165) is 0 Å². The first-order valence-electron chi connectivity index (χ1n) is 5.56. The minimum atomic E-state index is -4.45. The number of rotatable bonds is 5. The van der Waals surface area contributed by atoms with Gasteiger partial charge in [-0.05, 0) is 18.6 Å². The predicted octanol–water partition coefficient (Wildman–Crippen LogP) is 1.69. The molecular weight excluding hydrogens is 293 g/mol. The van der Waals surface area contributed by atoms with Crippen LogP contribution in [-0.2, 0) is 4.79 Å². The van der Waals surface area contributed by atoms with E-state index in [-0.39, 0.29) is 4.99 Å². The van der Waals surface area contributed by atoms with Crippen molar-refractivity contribution in [1.29, 1.82) is 0 Å². The summed E-state index contributed by atoms with van der Waals surface area (Å²) in [6, 6.07) is 4.92. The smallest absolute Gasteiger partial charge is 0.405 e. The van der Waals surface area contributed by atoms with Gasteiger partial charge in [-0.3, -0.25) is 4.79 Å². The number of halogens is 3. The molecule has 0 spiro atoms. The second-order valence-corrected chi connectivity index (χ2v) is 4.46. The molecule has 0 fully saturated rings. The minimum Gasteiger partial charge on any atom is -0.483 e. The standard InChI is InChI=1S/C12H13F3N2O2S/c1-7-2-3-8(11(16)20)4-9(7)19-5-10(18)17-6-12(13,14)15/h2-4H,5-6H2,1H3,(H2,16,20)(H,17,18). The Bertz CT molecular complexity index is 518. The van der Waals surface area contributed by atoms with E-state index in [0.29, 0.717) is 16.9 Å². The SMILES string of the molecule is Cc1ccc(C(N)=S)cc1OCC(=O)NCC(F)(F)F. The Morgan fingerprint density at radius 1 is 1.45 bits per heavy atom. The monoisotopic (exact) mass is 306 g/mol. The summed E-state index contributed by atoms with van der Waals surface area (Å²) < 4.78 is 40.9. The van der Waals surface area contributed by atoms with Crippen LogP contribution in [0.25, 0.3) is 0 Å². The first-order valence-corrected chi connectivity index (χ1v) is 5.96. The van der Waals surface area contributed by atoms with Crippen molar-refractivity contribution in [3.8, 4) is 5.75 Å². The molecule has 110 valence electrons. The number of ether oxygens (including phenoxy) is 1. The Morgan fingerprint density at radius 3 is 2.65 bits per heavy atom. The molecule has 1 aromatic rings. The molecule has 0 aliphatic rings. The third-order valence-corrected chi connectivity index (χ3v) is 2.55. The van der Waals surface area contributed by atoms with Crippen molar-refractivity contribution < 1.29 is 22.7 Å². The van der Waals surface area contributed by atoms with Crippen LogP contribution in [0.3, 0.4) is 0 Å². The van der Waals surface area contributed by atoms with Gasteiger partial charge in [0, 0.05) is 5.56 Å². The zero-order valence-corrected chi connectivity index (χ0v) is 11.4. The number of amides is 1. The average Bonchev–Trinajstić information content (AvgIpc) is 2.34. The maximum Gasteiger partial charge on any atom is 0.405 e. The third kappa shape index (κ3) is 5.43. The molecule has 20 heavy (non-hydrogen) atoms. The van der Waals surface area contributed by atoms with Gasteiger partial charge in [-0.15, -0.1) is 0 Å². The Labute approximate surface area is 119 Å². The van der Waals surface area contributed by atoms with E-state index < -0.39 is 25.2 Å². The van der Waals surface area contributed by atoms with Gasteiger partial charge >= 0.3 is 6.18 Å². The lowest BCUT2D eigenvalue weighted by atomic mass is 10.1. The van der Waals surface area contributed by atoms with Crippen LogP contribution in [0.2, 0.25) is 0 Å². The Hall–Kier alpha value is -1.83. The number of alkyl halides is 3. The number of nitrogens with one attached hydrogen (secondary N) is 1. The Kier molecular flexibility index (Phi) is 5.32. The normalized spacial score (nSPS) is 11.0. The summed E-state index contributed by atoms with van der Waals surface area (Å²) in [5.41, 5.74) is 6.72. The molecule has 1 rings (SSSR count). The fraction of sp³-hybridized carbons (Fsp3) is 0.333. The molecule has 0 saturated heterocycles. The highest BCUT2D eigenvalue weighted by atomic mass is 32.1. The molecule has 0 unspecified atom stereocenters. The summed E-state index contributed by atoms with van der Waals surface area (Å²) in [4.78, 5) is 11.4. The lowest BCUT2D eigenvalue weighted by Gasteiger charge is -2.12. The van der Waals surface area contributed by atoms with E-state index in [2.05, 4.69) is 0 Å². The largest absolute Gasteiger partial charge is 0.483 e. The fourth-order valence-electron chi connectivity index (χ4n) is 1.30. The van der Waals surface area contributed by atoms with Crippen molar-refractivity contribution in [2.75, 3.05) is 13.2 Å². The summed E-state index contributed by atoms with van der Waals surface area (Å²) in [6.45, 7) is -0.175. The van der Waals surface area contributed by atoms with E-state index in [4.69, 9.17) is 22.7 Å². The molecule has 0 bridgehead atoms. The van der Waals surface area contributed by atoms with Gasteiger partial charge in [-0.2, -0.15) is 13.2 Å². The van der Waals surface area contributed by atoms with Gasteiger partial charge < -0.3 is 15.8 Å². The number of nitrogens with two attached hydrogens (primary N) is 1. The molecule has 4 nitrogen and oxygen atoms in total. The maximum absolute atomic E-state index is 11.9. The van der Waals surface area contributed by atoms with Crippen molar-refractivity contribution in [3.05, 3.63) is 29.3 Å². The van der Waals surface area contributed by atoms with E-state index in [1.54, 1.807) is 24.4 Å². The number of hydrogen-bond donors (Lipinski definition) is 2.